The van der Waals surface area contributed by atoms with Crippen LogP contribution >= 0.6 is 0 Å². The van der Waals surface area contributed by atoms with Gasteiger partial charge in [-0.05, 0) is 59.7 Å². The highest BCUT2D eigenvalue weighted by atomic mass is 16.3. The van der Waals surface area contributed by atoms with Crippen LogP contribution in [0.4, 0.5) is 0 Å². The van der Waals surface area contributed by atoms with E-state index >= 15 is 0 Å². The molecule has 0 aliphatic heterocycles. The van der Waals surface area contributed by atoms with E-state index in [1.54, 1.807) is 6.07 Å². The molecule has 4 heteroatoms. The van der Waals surface area contributed by atoms with Crippen LogP contribution in [0, 0.1) is 11.3 Å². The van der Waals surface area contributed by atoms with Crippen LogP contribution in [-0.4, -0.2) is 9.55 Å². The van der Waals surface area contributed by atoms with Crippen LogP contribution in [0.2, 0.25) is 0 Å². The lowest BCUT2D eigenvalue weighted by molar-refractivity contribution is 0.669. The average molecular weight is 512 g/mol. The van der Waals surface area contributed by atoms with Crippen molar-refractivity contribution >= 4 is 43.7 Å². The minimum absolute atomic E-state index is 0.412. The molecule has 0 saturated carbocycles. The van der Waals surface area contributed by atoms with E-state index in [4.69, 9.17) is 4.42 Å². The van der Waals surface area contributed by atoms with Crippen LogP contribution in [0.3, 0.4) is 0 Å². The highest BCUT2D eigenvalue weighted by Crippen LogP contribution is 2.38. The minimum Gasteiger partial charge on any atom is -0.456 e. The van der Waals surface area contributed by atoms with Crippen molar-refractivity contribution in [1.29, 1.82) is 5.26 Å². The highest BCUT2D eigenvalue weighted by molar-refractivity contribution is 6.17. The number of para-hydroxylation sites is 2. The van der Waals surface area contributed by atoms with Crippen LogP contribution in [0.5, 0.6) is 0 Å². The Morgan fingerprint density at radius 1 is 0.550 bits per heavy atom. The molecule has 0 unspecified atom stereocenters. The molecule has 0 amide bonds. The van der Waals surface area contributed by atoms with Gasteiger partial charge in [-0.25, -0.2) is 4.98 Å². The second-order valence-electron chi connectivity index (χ2n) is 9.97. The molecule has 0 aliphatic carbocycles. The normalized spacial score (nSPS) is 11.5. The number of hydrogen-bond acceptors (Lipinski definition) is 3. The number of aromatic nitrogens is 2. The molecule has 0 aliphatic rings. The number of nitriles is 1. The zero-order valence-electron chi connectivity index (χ0n) is 21.4. The second kappa shape index (κ2) is 8.69. The molecule has 5 aromatic carbocycles. The van der Waals surface area contributed by atoms with Gasteiger partial charge in [0, 0.05) is 38.9 Å². The molecule has 40 heavy (non-hydrogen) atoms. The molecule has 0 bridgehead atoms. The maximum atomic E-state index is 9.29. The van der Waals surface area contributed by atoms with Crippen molar-refractivity contribution in [3.63, 3.8) is 0 Å². The Bertz CT molecular complexity index is 2300. The summed E-state index contributed by atoms with van der Waals surface area (Å²) in [6.45, 7) is 0. The summed E-state index contributed by atoms with van der Waals surface area (Å²) in [5.74, 6) is 0. The van der Waals surface area contributed by atoms with Crippen molar-refractivity contribution in [2.24, 2.45) is 0 Å². The average Bonchev–Trinajstić information content (AvgIpc) is 3.55. The van der Waals surface area contributed by atoms with Crippen LogP contribution in [0.15, 0.2) is 132 Å². The summed E-state index contributed by atoms with van der Waals surface area (Å²) in [7, 11) is 0. The number of benzene rings is 5. The first-order valence-electron chi connectivity index (χ1n) is 13.2. The van der Waals surface area contributed by atoms with Crippen molar-refractivity contribution < 1.29 is 4.42 Å². The van der Waals surface area contributed by atoms with E-state index in [0.717, 1.165) is 61.0 Å². The number of pyridine rings is 1. The topological polar surface area (TPSA) is 54.8 Å². The predicted molar refractivity (Wildman–Crippen MR) is 161 cm³/mol. The number of rotatable bonds is 3. The van der Waals surface area contributed by atoms with Crippen LogP contribution in [0.1, 0.15) is 5.69 Å². The molecule has 0 fully saturated rings. The summed E-state index contributed by atoms with van der Waals surface area (Å²) >= 11 is 0. The molecular weight excluding hydrogens is 490 g/mol. The third-order valence-corrected chi connectivity index (χ3v) is 7.63. The molecular formula is C36H21N3O. The fourth-order valence-electron chi connectivity index (χ4n) is 5.81. The maximum absolute atomic E-state index is 9.29. The summed E-state index contributed by atoms with van der Waals surface area (Å²) in [6, 6.07) is 45.8. The van der Waals surface area contributed by atoms with E-state index in [9.17, 15) is 5.26 Å². The van der Waals surface area contributed by atoms with Gasteiger partial charge in [0.25, 0.3) is 0 Å². The number of nitrogens with zero attached hydrogens (tertiary/aromatic N) is 3. The Labute approximate surface area is 230 Å². The van der Waals surface area contributed by atoms with Gasteiger partial charge in [0.05, 0.1) is 16.7 Å². The zero-order valence-corrected chi connectivity index (χ0v) is 21.4. The van der Waals surface area contributed by atoms with Gasteiger partial charge in [-0.3, -0.25) is 0 Å². The molecule has 0 radical (unpaired) electrons. The Hall–Kier alpha value is -5.66. The second-order valence-corrected chi connectivity index (χ2v) is 9.97. The minimum atomic E-state index is 0.412. The molecule has 0 N–H and O–H groups in total. The third kappa shape index (κ3) is 3.42. The quantitative estimate of drug-likeness (QED) is 0.237. The van der Waals surface area contributed by atoms with Crippen LogP contribution in [-0.2, 0) is 0 Å². The fourth-order valence-corrected chi connectivity index (χ4v) is 5.81. The Kier molecular flexibility index (Phi) is 4.85. The lowest BCUT2D eigenvalue weighted by Crippen LogP contribution is -1.94. The molecule has 3 heterocycles. The van der Waals surface area contributed by atoms with Crippen molar-refractivity contribution in [3.05, 3.63) is 133 Å². The summed E-state index contributed by atoms with van der Waals surface area (Å²) < 4.78 is 8.59. The SMILES string of the molecule is N#Cc1cccc(-c2cccc(-c3cccc(-n4c5ccccc5c5cc6c(cc54)oc4ccccc46)c3)c2)n1. The smallest absolute Gasteiger partial charge is 0.141 e. The Balaban J connectivity index is 1.32. The van der Waals surface area contributed by atoms with E-state index in [2.05, 4.69) is 101 Å². The highest BCUT2D eigenvalue weighted by Gasteiger charge is 2.16. The standard InChI is InChI=1S/C36H21N3O/c37-22-26-11-7-15-32(38-26)25-10-5-8-23(18-25)24-9-6-12-27(19-24)39-33-16-3-1-13-28(33)30-20-31-29-14-2-4-17-35(29)40-36(31)21-34(30)39/h1-21H. The molecule has 3 aromatic heterocycles. The summed E-state index contributed by atoms with van der Waals surface area (Å²) in [5.41, 5.74) is 9.48. The van der Waals surface area contributed by atoms with Gasteiger partial charge in [-0.15, -0.1) is 0 Å². The van der Waals surface area contributed by atoms with Gasteiger partial charge in [0.15, 0.2) is 0 Å². The zero-order chi connectivity index (χ0) is 26.6. The van der Waals surface area contributed by atoms with E-state index in [-0.39, 0.29) is 0 Å². The lowest BCUT2D eigenvalue weighted by Gasteiger charge is -2.11. The maximum Gasteiger partial charge on any atom is 0.141 e. The Morgan fingerprint density at radius 3 is 2.20 bits per heavy atom. The van der Waals surface area contributed by atoms with Crippen molar-refractivity contribution in [2.75, 3.05) is 0 Å². The summed E-state index contributed by atoms with van der Waals surface area (Å²) in [6.07, 6.45) is 0. The molecule has 0 saturated heterocycles. The van der Waals surface area contributed by atoms with Gasteiger partial charge in [0.2, 0.25) is 0 Å². The number of fused-ring (bicyclic) bond motifs is 6. The fraction of sp³-hybridized carbons (Fsp3) is 0. The van der Waals surface area contributed by atoms with Crippen molar-refractivity contribution in [2.45, 2.75) is 0 Å². The number of furan rings is 1. The third-order valence-electron chi connectivity index (χ3n) is 7.63. The predicted octanol–water partition coefficient (Wildman–Crippen LogP) is 9.28. The summed E-state index contributed by atoms with van der Waals surface area (Å²) in [5, 5.41) is 14.0. The number of hydrogen-bond donors (Lipinski definition) is 0. The van der Waals surface area contributed by atoms with Gasteiger partial charge < -0.3 is 8.98 Å². The monoisotopic (exact) mass is 511 g/mol. The lowest BCUT2D eigenvalue weighted by atomic mass is 10.0. The first kappa shape index (κ1) is 22.3. The first-order chi connectivity index (χ1) is 19.8. The van der Waals surface area contributed by atoms with Gasteiger partial charge >= 0.3 is 0 Å². The van der Waals surface area contributed by atoms with Crippen LogP contribution < -0.4 is 0 Å². The molecule has 186 valence electrons. The van der Waals surface area contributed by atoms with E-state index < -0.39 is 0 Å². The van der Waals surface area contributed by atoms with Crippen molar-refractivity contribution in [3.8, 4) is 34.1 Å². The molecule has 0 spiro atoms. The van der Waals surface area contributed by atoms with Gasteiger partial charge in [0.1, 0.15) is 22.9 Å². The largest absolute Gasteiger partial charge is 0.456 e. The van der Waals surface area contributed by atoms with E-state index in [1.165, 1.54) is 10.8 Å². The van der Waals surface area contributed by atoms with Crippen molar-refractivity contribution in [1.82, 2.24) is 9.55 Å². The first-order valence-corrected chi connectivity index (χ1v) is 13.2. The van der Waals surface area contributed by atoms with Gasteiger partial charge in [-0.1, -0.05) is 72.8 Å². The molecule has 8 rings (SSSR count). The molecule has 0 atom stereocenters. The molecule has 8 aromatic rings. The van der Waals surface area contributed by atoms with Crippen LogP contribution in [0.25, 0.3) is 71.8 Å². The summed E-state index contributed by atoms with van der Waals surface area (Å²) in [4.78, 5) is 4.49. The van der Waals surface area contributed by atoms with E-state index in [0.29, 0.717) is 5.69 Å². The van der Waals surface area contributed by atoms with Gasteiger partial charge in [-0.2, -0.15) is 5.26 Å². The Morgan fingerprint density at radius 2 is 1.30 bits per heavy atom. The molecule has 4 nitrogen and oxygen atoms in total. The van der Waals surface area contributed by atoms with E-state index in [1.807, 2.05) is 36.4 Å².